The van der Waals surface area contributed by atoms with Crippen molar-refractivity contribution >= 4 is 46.5 Å². The minimum absolute atomic E-state index is 0.0988. The quantitative estimate of drug-likeness (QED) is 0.511. The highest BCUT2D eigenvalue weighted by Gasteiger charge is 2.69. The van der Waals surface area contributed by atoms with Crippen molar-refractivity contribution in [2.45, 2.75) is 30.5 Å². The van der Waals surface area contributed by atoms with Crippen molar-refractivity contribution in [1.29, 1.82) is 0 Å². The van der Waals surface area contributed by atoms with Gasteiger partial charge in [0, 0.05) is 17.7 Å². The summed E-state index contributed by atoms with van der Waals surface area (Å²) in [6.07, 6.45) is 0.306. The van der Waals surface area contributed by atoms with E-state index >= 15 is 0 Å². The number of rotatable bonds is 4. The van der Waals surface area contributed by atoms with Gasteiger partial charge < -0.3 is 10.1 Å². The highest BCUT2D eigenvalue weighted by atomic mass is 35.5. The van der Waals surface area contributed by atoms with Crippen molar-refractivity contribution in [2.75, 3.05) is 11.9 Å². The number of Topliss-reactive ketones (excluding diaryl/α,β-unsaturated/α-hetero) is 1. The van der Waals surface area contributed by atoms with Gasteiger partial charge in [-0.3, -0.25) is 14.4 Å². The molecule has 1 aromatic carbocycles. The lowest BCUT2D eigenvalue weighted by Gasteiger charge is -2.11. The van der Waals surface area contributed by atoms with E-state index in [1.165, 1.54) is 0 Å². The molecule has 0 saturated heterocycles. The van der Waals surface area contributed by atoms with E-state index in [-0.39, 0.29) is 24.2 Å². The van der Waals surface area contributed by atoms with Crippen molar-refractivity contribution < 1.29 is 19.1 Å². The van der Waals surface area contributed by atoms with Crippen LogP contribution in [-0.2, 0) is 14.3 Å². The maximum absolute atomic E-state index is 12.2. The van der Waals surface area contributed by atoms with Crippen molar-refractivity contribution in [1.82, 2.24) is 0 Å². The molecule has 1 aromatic rings. The molecule has 2 atom stereocenters. The Morgan fingerprint density at radius 2 is 2.04 bits per heavy atom. The Labute approximate surface area is 143 Å². The third-order valence-corrected chi connectivity index (χ3v) is 5.64. The topological polar surface area (TPSA) is 72.5 Å². The van der Waals surface area contributed by atoms with E-state index in [1.807, 2.05) is 0 Å². The lowest BCUT2D eigenvalue weighted by atomic mass is 9.99. The predicted molar refractivity (Wildman–Crippen MR) is 85.9 cm³/mol. The molecule has 1 aliphatic carbocycles. The smallest absolute Gasteiger partial charge is 0.315 e. The number of hydrogen-bond acceptors (Lipinski definition) is 4. The fourth-order valence-electron chi connectivity index (χ4n) is 2.59. The highest BCUT2D eigenvalue weighted by Crippen LogP contribution is 2.64. The van der Waals surface area contributed by atoms with Crippen LogP contribution in [0.15, 0.2) is 18.2 Å². The Kier molecular flexibility index (Phi) is 3.69. The van der Waals surface area contributed by atoms with Crippen molar-refractivity contribution in [3.05, 3.63) is 29.3 Å². The van der Waals surface area contributed by atoms with Gasteiger partial charge in [-0.1, -0.05) is 0 Å². The van der Waals surface area contributed by atoms with Gasteiger partial charge in [-0.2, -0.15) is 0 Å². The van der Waals surface area contributed by atoms with E-state index < -0.39 is 15.7 Å². The zero-order valence-electron chi connectivity index (χ0n) is 12.6. The number of alkyl halides is 2. The number of ether oxygens (including phenoxy) is 1. The monoisotopic (exact) mass is 355 g/mol. The SMILES string of the molecule is C[C@@H]1C(=O)Nc2ccc(C(=O)COC(=O)[C@]3(C)CC3(Cl)Cl)cc21. The standard InChI is InChI=1S/C16H15Cl2NO4/c1-8-10-5-9(3-4-11(10)19-13(8)21)12(20)6-23-14(22)15(2)7-16(15,17)18/h3-5,8H,6-7H2,1-2H3,(H,19,21)/t8-,15-/m0/s1. The second-order valence-electron chi connectivity index (χ2n) is 6.23. The van der Waals surface area contributed by atoms with Gasteiger partial charge in [0.05, 0.1) is 5.92 Å². The maximum atomic E-state index is 12.2. The summed E-state index contributed by atoms with van der Waals surface area (Å²) in [6, 6.07) is 4.93. The van der Waals surface area contributed by atoms with Crippen LogP contribution in [0.3, 0.4) is 0 Å². The van der Waals surface area contributed by atoms with Crippen molar-refractivity contribution in [2.24, 2.45) is 5.41 Å². The molecule has 23 heavy (non-hydrogen) atoms. The summed E-state index contributed by atoms with van der Waals surface area (Å²) in [5.41, 5.74) is 0.903. The minimum Gasteiger partial charge on any atom is -0.457 e. The number of ketones is 1. The highest BCUT2D eigenvalue weighted by molar-refractivity contribution is 6.53. The molecule has 3 rings (SSSR count). The molecule has 0 unspecified atom stereocenters. The van der Waals surface area contributed by atoms with Gasteiger partial charge in [-0.05, 0) is 37.6 Å². The van der Waals surface area contributed by atoms with Gasteiger partial charge in [-0.15, -0.1) is 23.2 Å². The number of amides is 1. The van der Waals surface area contributed by atoms with Crippen molar-refractivity contribution in [3.63, 3.8) is 0 Å². The van der Waals surface area contributed by atoms with Gasteiger partial charge in [0.25, 0.3) is 0 Å². The average Bonchev–Trinajstić information content (AvgIpc) is 2.89. The lowest BCUT2D eigenvalue weighted by Crippen LogP contribution is -2.24. The number of fused-ring (bicyclic) bond motifs is 1. The van der Waals surface area contributed by atoms with Crippen LogP contribution in [0, 0.1) is 5.41 Å². The van der Waals surface area contributed by atoms with Crippen molar-refractivity contribution in [3.8, 4) is 0 Å². The summed E-state index contributed by atoms with van der Waals surface area (Å²) < 4.78 is 3.93. The summed E-state index contributed by atoms with van der Waals surface area (Å²) in [6.45, 7) is 2.99. The molecule has 2 aliphatic rings. The molecular formula is C16H15Cl2NO4. The van der Waals surface area contributed by atoms with Gasteiger partial charge in [-0.25, -0.2) is 0 Å². The number of hydrogen-bond donors (Lipinski definition) is 1. The normalized spacial score (nSPS) is 27.1. The first-order valence-corrected chi connectivity index (χ1v) is 7.94. The summed E-state index contributed by atoms with van der Waals surface area (Å²) in [5, 5.41) is 2.74. The summed E-state index contributed by atoms with van der Waals surface area (Å²) in [7, 11) is 0. The lowest BCUT2D eigenvalue weighted by molar-refractivity contribution is -0.148. The molecule has 0 spiro atoms. The number of anilines is 1. The summed E-state index contributed by atoms with van der Waals surface area (Å²) >= 11 is 11.8. The minimum atomic E-state index is -1.12. The first-order valence-electron chi connectivity index (χ1n) is 7.19. The number of benzene rings is 1. The molecule has 1 heterocycles. The fraction of sp³-hybridized carbons (Fsp3) is 0.438. The van der Waals surface area contributed by atoms with E-state index in [0.29, 0.717) is 17.7 Å². The number of esters is 1. The molecule has 122 valence electrons. The molecule has 1 N–H and O–H groups in total. The first-order chi connectivity index (χ1) is 10.7. The predicted octanol–water partition coefficient (Wildman–Crippen LogP) is 3.05. The molecule has 1 fully saturated rings. The molecule has 7 heteroatoms. The Morgan fingerprint density at radius 1 is 1.39 bits per heavy atom. The van der Waals surface area contributed by atoms with E-state index in [1.54, 1.807) is 32.0 Å². The molecule has 0 radical (unpaired) electrons. The van der Waals surface area contributed by atoms with Gasteiger partial charge >= 0.3 is 5.97 Å². The Bertz CT molecular complexity index is 731. The summed E-state index contributed by atoms with van der Waals surface area (Å²) in [5.74, 6) is -1.33. The third-order valence-electron chi connectivity index (χ3n) is 4.53. The second kappa shape index (κ2) is 5.21. The number of carbonyl (C=O) groups is 3. The van der Waals surface area contributed by atoms with E-state index in [0.717, 1.165) is 5.56 Å². The molecular weight excluding hydrogens is 341 g/mol. The maximum Gasteiger partial charge on any atom is 0.315 e. The van der Waals surface area contributed by atoms with E-state index in [2.05, 4.69) is 5.32 Å². The molecule has 1 saturated carbocycles. The number of halogens is 2. The zero-order chi connectivity index (χ0) is 17.0. The van der Waals surface area contributed by atoms with Gasteiger partial charge in [0.15, 0.2) is 12.4 Å². The molecule has 0 aromatic heterocycles. The van der Waals surface area contributed by atoms with Crippen LogP contribution in [0.2, 0.25) is 0 Å². The van der Waals surface area contributed by atoms with Crippen LogP contribution in [0.4, 0.5) is 5.69 Å². The van der Waals surface area contributed by atoms with Gasteiger partial charge in [0.1, 0.15) is 9.75 Å². The third kappa shape index (κ3) is 2.62. The number of nitrogens with one attached hydrogen (secondary N) is 1. The van der Waals surface area contributed by atoms with E-state index in [9.17, 15) is 14.4 Å². The van der Waals surface area contributed by atoms with Crippen LogP contribution in [0.25, 0.3) is 0 Å². The molecule has 5 nitrogen and oxygen atoms in total. The van der Waals surface area contributed by atoms with E-state index in [4.69, 9.17) is 27.9 Å². The van der Waals surface area contributed by atoms with Crippen LogP contribution in [0.5, 0.6) is 0 Å². The zero-order valence-corrected chi connectivity index (χ0v) is 14.1. The second-order valence-corrected chi connectivity index (χ2v) is 7.71. The largest absolute Gasteiger partial charge is 0.457 e. The molecule has 0 bridgehead atoms. The Morgan fingerprint density at radius 3 is 2.65 bits per heavy atom. The average molecular weight is 356 g/mol. The van der Waals surface area contributed by atoms with Gasteiger partial charge in [0.2, 0.25) is 5.91 Å². The van der Waals surface area contributed by atoms with Crippen LogP contribution in [-0.4, -0.2) is 28.6 Å². The van der Waals surface area contributed by atoms with Crippen LogP contribution >= 0.6 is 23.2 Å². The first kappa shape index (κ1) is 16.3. The molecule has 1 amide bonds. The Balaban J connectivity index is 1.66. The molecule has 1 aliphatic heterocycles. The Hall–Kier alpha value is -1.59. The van der Waals surface area contributed by atoms with Crippen LogP contribution < -0.4 is 5.32 Å². The fourth-order valence-corrected chi connectivity index (χ4v) is 3.27. The van der Waals surface area contributed by atoms with Crippen LogP contribution in [0.1, 0.15) is 42.1 Å². The summed E-state index contributed by atoms with van der Waals surface area (Å²) in [4.78, 5) is 35.8. The number of carbonyl (C=O) groups excluding carboxylic acids is 3.